The van der Waals surface area contributed by atoms with Crippen LogP contribution >= 0.6 is 0 Å². The molecule has 1 heterocycles. The highest BCUT2D eigenvalue weighted by Crippen LogP contribution is 2.09. The molecule has 0 bridgehead atoms. The van der Waals surface area contributed by atoms with Crippen LogP contribution in [0.1, 0.15) is 1.43 Å². The Balaban J connectivity index is 0.000000500. The van der Waals surface area contributed by atoms with E-state index in [-0.39, 0.29) is 1.43 Å². The lowest BCUT2D eigenvalue weighted by molar-refractivity contribution is 0.602. The molecular weight excluding hydrogens is 114 g/mol. The summed E-state index contributed by atoms with van der Waals surface area (Å²) in [7, 11) is 0. The third-order valence-corrected chi connectivity index (χ3v) is 1.24. The van der Waals surface area contributed by atoms with Crippen molar-refractivity contribution in [2.75, 3.05) is 0 Å². The van der Waals surface area contributed by atoms with E-state index >= 15 is 0 Å². The third kappa shape index (κ3) is 0.598. The topological polar surface area (TPSA) is 26.0 Å². The maximum absolute atomic E-state index is 5.01. The molecule has 2 aromatic rings. The number of oxazole rings is 1. The Morgan fingerprint density at radius 3 is 3.11 bits per heavy atom. The summed E-state index contributed by atoms with van der Waals surface area (Å²) in [5.41, 5.74) is 1.76. The van der Waals surface area contributed by atoms with Gasteiger partial charge in [-0.05, 0) is 12.1 Å². The molecule has 44 valence electrons. The number of fused-ring (bicyclic) bond motifs is 1. The SMILES string of the molecule is [H+].c1ccc2ocnc2c1. The van der Waals surface area contributed by atoms with Crippen LogP contribution in [-0.2, 0) is 0 Å². The summed E-state index contributed by atoms with van der Waals surface area (Å²) in [5, 5.41) is 0. The van der Waals surface area contributed by atoms with Crippen molar-refractivity contribution in [1.29, 1.82) is 0 Å². The van der Waals surface area contributed by atoms with Gasteiger partial charge in [-0.1, -0.05) is 12.1 Å². The van der Waals surface area contributed by atoms with Crippen LogP contribution in [0.3, 0.4) is 0 Å². The molecule has 0 N–H and O–H groups in total. The van der Waals surface area contributed by atoms with Gasteiger partial charge in [0.1, 0.15) is 5.52 Å². The van der Waals surface area contributed by atoms with E-state index in [4.69, 9.17) is 4.42 Å². The predicted octanol–water partition coefficient (Wildman–Crippen LogP) is 1.94. The molecule has 1 aromatic carbocycles. The number of para-hydroxylation sites is 2. The van der Waals surface area contributed by atoms with Crippen LogP contribution < -0.4 is 0 Å². The third-order valence-electron chi connectivity index (χ3n) is 1.24. The first kappa shape index (κ1) is 4.56. The fraction of sp³-hybridized carbons (Fsp3) is 0. The summed E-state index contributed by atoms with van der Waals surface area (Å²) in [6.07, 6.45) is 1.45. The van der Waals surface area contributed by atoms with Crippen LogP contribution in [-0.4, -0.2) is 4.98 Å². The smallest absolute Gasteiger partial charge is 0.443 e. The monoisotopic (exact) mass is 120 g/mol. The normalized spacial score (nSPS) is 10.2. The second-order valence-corrected chi connectivity index (χ2v) is 1.82. The number of hydrogen-bond donors (Lipinski definition) is 0. The summed E-state index contributed by atoms with van der Waals surface area (Å²) < 4.78 is 5.01. The summed E-state index contributed by atoms with van der Waals surface area (Å²) in [5.74, 6) is 0. The lowest BCUT2D eigenvalue weighted by Crippen LogP contribution is -1.61. The van der Waals surface area contributed by atoms with Crippen LogP contribution in [0.2, 0.25) is 0 Å². The van der Waals surface area contributed by atoms with Crippen LogP contribution in [0.5, 0.6) is 0 Å². The Morgan fingerprint density at radius 1 is 1.33 bits per heavy atom. The van der Waals surface area contributed by atoms with E-state index in [9.17, 15) is 0 Å². The molecule has 0 spiro atoms. The van der Waals surface area contributed by atoms with Gasteiger partial charge in [0.25, 0.3) is 0 Å². The molecule has 0 unspecified atom stereocenters. The Bertz CT molecular complexity index is 288. The zero-order valence-electron chi connectivity index (χ0n) is 5.74. The van der Waals surface area contributed by atoms with Crippen LogP contribution in [0.4, 0.5) is 0 Å². The standard InChI is InChI=1S/C7H5NO/c1-2-4-7-6(3-1)8-5-9-7/h1-5H/p+1. The van der Waals surface area contributed by atoms with Gasteiger partial charge in [-0.25, -0.2) is 4.98 Å². The lowest BCUT2D eigenvalue weighted by Gasteiger charge is -1.79. The molecule has 0 aliphatic rings. The van der Waals surface area contributed by atoms with Crippen LogP contribution in [0.15, 0.2) is 35.1 Å². The zero-order valence-corrected chi connectivity index (χ0v) is 4.74. The van der Waals surface area contributed by atoms with Crippen molar-refractivity contribution in [2.24, 2.45) is 0 Å². The molecule has 0 radical (unpaired) electrons. The minimum absolute atomic E-state index is 0. The molecule has 0 fully saturated rings. The van der Waals surface area contributed by atoms with Gasteiger partial charge in [0, 0.05) is 0 Å². The molecule has 0 aliphatic carbocycles. The highest BCUT2D eigenvalue weighted by Gasteiger charge is 1.91. The minimum Gasteiger partial charge on any atom is -0.443 e. The van der Waals surface area contributed by atoms with Gasteiger partial charge in [0.2, 0.25) is 0 Å². The maximum Gasteiger partial charge on any atom is 1.00 e. The van der Waals surface area contributed by atoms with E-state index in [1.54, 1.807) is 0 Å². The van der Waals surface area contributed by atoms with Crippen molar-refractivity contribution in [2.45, 2.75) is 0 Å². The summed E-state index contributed by atoms with van der Waals surface area (Å²) in [6, 6.07) is 7.67. The highest BCUT2D eigenvalue weighted by molar-refractivity contribution is 5.71. The first-order chi connectivity index (χ1) is 4.47. The van der Waals surface area contributed by atoms with E-state index in [1.165, 1.54) is 6.39 Å². The molecule has 2 rings (SSSR count). The molecule has 1 aromatic heterocycles. The summed E-state index contributed by atoms with van der Waals surface area (Å²) in [4.78, 5) is 3.95. The van der Waals surface area contributed by atoms with E-state index in [2.05, 4.69) is 4.98 Å². The fourth-order valence-electron chi connectivity index (χ4n) is 0.803. The molecule has 0 saturated carbocycles. The molecule has 2 nitrogen and oxygen atoms in total. The fourth-order valence-corrected chi connectivity index (χ4v) is 0.803. The Kier molecular flexibility index (Phi) is 0.803. The van der Waals surface area contributed by atoms with Crippen LogP contribution in [0, 0.1) is 0 Å². The molecule has 2 heteroatoms. The number of aromatic nitrogens is 1. The molecule has 0 saturated heterocycles. The first-order valence-corrected chi connectivity index (χ1v) is 2.75. The predicted molar refractivity (Wildman–Crippen MR) is 35.1 cm³/mol. The number of rotatable bonds is 0. The number of hydrogen-bond acceptors (Lipinski definition) is 2. The Morgan fingerprint density at radius 2 is 2.22 bits per heavy atom. The molecule has 0 atom stereocenters. The van der Waals surface area contributed by atoms with E-state index in [0.717, 1.165) is 11.1 Å². The maximum atomic E-state index is 5.01. The second kappa shape index (κ2) is 1.58. The van der Waals surface area contributed by atoms with Crippen LogP contribution in [0.25, 0.3) is 11.1 Å². The van der Waals surface area contributed by atoms with Gasteiger partial charge in [-0.3, -0.25) is 0 Å². The zero-order chi connectivity index (χ0) is 6.10. The van der Waals surface area contributed by atoms with E-state index < -0.39 is 0 Å². The van der Waals surface area contributed by atoms with Crippen molar-refractivity contribution in [1.82, 2.24) is 4.98 Å². The molecule has 0 aliphatic heterocycles. The molecule has 9 heavy (non-hydrogen) atoms. The highest BCUT2D eigenvalue weighted by atomic mass is 16.3. The van der Waals surface area contributed by atoms with Crippen molar-refractivity contribution in [3.63, 3.8) is 0 Å². The van der Waals surface area contributed by atoms with Gasteiger partial charge < -0.3 is 4.42 Å². The first-order valence-electron chi connectivity index (χ1n) is 2.75. The quantitative estimate of drug-likeness (QED) is 0.531. The van der Waals surface area contributed by atoms with Gasteiger partial charge in [0.15, 0.2) is 12.0 Å². The van der Waals surface area contributed by atoms with Crippen molar-refractivity contribution < 1.29 is 5.84 Å². The van der Waals surface area contributed by atoms with E-state index in [0.29, 0.717) is 0 Å². The lowest BCUT2D eigenvalue weighted by atomic mass is 10.3. The Labute approximate surface area is 53.6 Å². The molecule has 0 amide bonds. The van der Waals surface area contributed by atoms with Crippen molar-refractivity contribution in [3.8, 4) is 0 Å². The number of benzene rings is 1. The largest absolute Gasteiger partial charge is 1.00 e. The average Bonchev–Trinajstić information content (AvgIpc) is 2.33. The van der Waals surface area contributed by atoms with Crippen molar-refractivity contribution >= 4 is 11.1 Å². The molecular formula is C7H6NO+. The van der Waals surface area contributed by atoms with Gasteiger partial charge >= 0.3 is 1.43 Å². The minimum atomic E-state index is 0. The summed E-state index contributed by atoms with van der Waals surface area (Å²) >= 11 is 0. The van der Waals surface area contributed by atoms with E-state index in [1.807, 2.05) is 24.3 Å². The number of nitrogens with zero attached hydrogens (tertiary/aromatic N) is 1. The van der Waals surface area contributed by atoms with Crippen molar-refractivity contribution in [3.05, 3.63) is 30.7 Å². The van der Waals surface area contributed by atoms with Gasteiger partial charge in [-0.2, -0.15) is 0 Å². The Hall–Kier alpha value is -1.31. The van der Waals surface area contributed by atoms with Gasteiger partial charge in [-0.15, -0.1) is 0 Å². The average molecular weight is 120 g/mol. The second-order valence-electron chi connectivity index (χ2n) is 1.82. The summed E-state index contributed by atoms with van der Waals surface area (Å²) in [6.45, 7) is 0. The van der Waals surface area contributed by atoms with Gasteiger partial charge in [0.05, 0.1) is 0 Å².